The summed E-state index contributed by atoms with van der Waals surface area (Å²) in [5.41, 5.74) is 1.22. The van der Waals surface area contributed by atoms with Crippen molar-refractivity contribution in [1.29, 1.82) is 0 Å². The molecule has 4 heteroatoms. The molecule has 4 nitrogen and oxygen atoms in total. The van der Waals surface area contributed by atoms with Crippen molar-refractivity contribution >= 4 is 5.78 Å². The number of benzene rings is 1. The first-order chi connectivity index (χ1) is 7.18. The Bertz CT molecular complexity index is 503. The van der Waals surface area contributed by atoms with Crippen LogP contribution in [0.1, 0.15) is 17.4 Å². The van der Waals surface area contributed by atoms with E-state index in [-0.39, 0.29) is 11.5 Å². The summed E-state index contributed by atoms with van der Waals surface area (Å²) in [6, 6.07) is 6.67. The second kappa shape index (κ2) is 3.57. The zero-order valence-electron chi connectivity index (χ0n) is 8.21. The summed E-state index contributed by atoms with van der Waals surface area (Å²) < 4.78 is 1.64. The minimum absolute atomic E-state index is 0.0594. The Morgan fingerprint density at radius 1 is 1.47 bits per heavy atom. The predicted molar refractivity (Wildman–Crippen MR) is 55.2 cm³/mol. The highest BCUT2D eigenvalue weighted by Gasteiger charge is 2.08. The van der Waals surface area contributed by atoms with Gasteiger partial charge in [-0.3, -0.25) is 9.36 Å². The molecule has 0 spiro atoms. The normalized spacial score (nSPS) is 10.2. The van der Waals surface area contributed by atoms with Gasteiger partial charge >= 0.3 is 0 Å². The second-order valence-electron chi connectivity index (χ2n) is 3.22. The first kappa shape index (κ1) is 9.45. The van der Waals surface area contributed by atoms with Crippen LogP contribution in [0.4, 0.5) is 0 Å². The fraction of sp³-hybridized carbons (Fsp3) is 0.0909. The molecule has 1 heterocycles. The highest BCUT2D eigenvalue weighted by molar-refractivity contribution is 5.92. The van der Waals surface area contributed by atoms with Gasteiger partial charge in [0, 0.05) is 13.0 Å². The summed E-state index contributed by atoms with van der Waals surface area (Å²) in [6.07, 6.45) is 3.05. The van der Waals surface area contributed by atoms with Crippen LogP contribution >= 0.6 is 0 Å². The molecule has 2 aromatic rings. The lowest BCUT2D eigenvalue weighted by Gasteiger charge is -2.05. The highest BCUT2D eigenvalue weighted by Crippen LogP contribution is 2.16. The number of aromatic nitrogens is 2. The Balaban J connectivity index is 2.54. The second-order valence-corrected chi connectivity index (χ2v) is 3.22. The molecule has 1 aromatic heterocycles. The van der Waals surface area contributed by atoms with Crippen LogP contribution in [-0.2, 0) is 0 Å². The number of hydrogen-bond acceptors (Lipinski definition) is 3. The monoisotopic (exact) mass is 202 g/mol. The number of nitrogens with zero attached hydrogens (tertiary/aromatic N) is 2. The maximum atomic E-state index is 11.3. The number of ketones is 1. The summed E-state index contributed by atoms with van der Waals surface area (Å²) in [6.45, 7) is 1.48. The smallest absolute Gasteiger partial charge is 0.178 e. The molecule has 0 radical (unpaired) electrons. The number of Topliss-reactive ketones (excluding diaryl/α,β-unsaturated/α-hetero) is 1. The molecule has 15 heavy (non-hydrogen) atoms. The first-order valence-electron chi connectivity index (χ1n) is 4.51. The lowest BCUT2D eigenvalue weighted by atomic mass is 10.2. The molecule has 0 saturated carbocycles. The third-order valence-electron chi connectivity index (χ3n) is 2.11. The Kier molecular flexibility index (Phi) is 2.25. The summed E-state index contributed by atoms with van der Waals surface area (Å²) in [7, 11) is 0. The first-order valence-corrected chi connectivity index (χ1v) is 4.51. The lowest BCUT2D eigenvalue weighted by molar-refractivity contribution is 0.101. The zero-order valence-corrected chi connectivity index (χ0v) is 8.21. The van der Waals surface area contributed by atoms with Gasteiger partial charge in [-0.05, 0) is 12.1 Å². The molecule has 2 rings (SSSR count). The maximum Gasteiger partial charge on any atom is 0.178 e. The largest absolute Gasteiger partial charge is 0.508 e. The molecule has 0 aliphatic carbocycles. The molecule has 1 aromatic carbocycles. The zero-order chi connectivity index (χ0) is 10.8. The van der Waals surface area contributed by atoms with Crippen molar-refractivity contribution < 1.29 is 9.90 Å². The van der Waals surface area contributed by atoms with Crippen molar-refractivity contribution in [2.75, 3.05) is 0 Å². The number of rotatable bonds is 2. The molecule has 0 amide bonds. The molecule has 0 bridgehead atoms. The SMILES string of the molecule is CC(=O)c1cncn1-c1cccc(O)c1. The Morgan fingerprint density at radius 3 is 2.93 bits per heavy atom. The molecular weight excluding hydrogens is 192 g/mol. The topological polar surface area (TPSA) is 55.1 Å². The average Bonchev–Trinajstić information content (AvgIpc) is 2.65. The van der Waals surface area contributed by atoms with Gasteiger partial charge in [-0.15, -0.1) is 0 Å². The van der Waals surface area contributed by atoms with Gasteiger partial charge in [-0.25, -0.2) is 4.98 Å². The van der Waals surface area contributed by atoms with Crippen LogP contribution in [0.25, 0.3) is 5.69 Å². The summed E-state index contributed by atoms with van der Waals surface area (Å²) in [5.74, 6) is 0.103. The molecule has 0 fully saturated rings. The number of carbonyl (C=O) groups excluding carboxylic acids is 1. The summed E-state index contributed by atoms with van der Waals surface area (Å²) >= 11 is 0. The Hall–Kier alpha value is -2.10. The van der Waals surface area contributed by atoms with E-state index in [0.717, 1.165) is 5.69 Å². The molecule has 76 valence electrons. The van der Waals surface area contributed by atoms with E-state index >= 15 is 0 Å². The van der Waals surface area contributed by atoms with E-state index in [9.17, 15) is 9.90 Å². The number of carbonyl (C=O) groups is 1. The quantitative estimate of drug-likeness (QED) is 0.755. The van der Waals surface area contributed by atoms with Crippen molar-refractivity contribution in [3.63, 3.8) is 0 Å². The van der Waals surface area contributed by atoms with Gasteiger partial charge < -0.3 is 5.11 Å². The van der Waals surface area contributed by atoms with E-state index in [1.807, 2.05) is 0 Å². The van der Waals surface area contributed by atoms with Crippen molar-refractivity contribution in [3.05, 3.63) is 42.5 Å². The highest BCUT2D eigenvalue weighted by atomic mass is 16.3. The lowest BCUT2D eigenvalue weighted by Crippen LogP contribution is -2.02. The van der Waals surface area contributed by atoms with Crippen LogP contribution in [0, 0.1) is 0 Å². The fourth-order valence-electron chi connectivity index (χ4n) is 1.40. The van der Waals surface area contributed by atoms with Crippen molar-refractivity contribution in [2.45, 2.75) is 6.92 Å². The van der Waals surface area contributed by atoms with Gasteiger partial charge in [-0.1, -0.05) is 6.07 Å². The van der Waals surface area contributed by atoms with Gasteiger partial charge in [0.2, 0.25) is 0 Å². The standard InChI is InChI=1S/C11H10N2O2/c1-8(14)11-6-12-7-13(11)9-3-2-4-10(15)5-9/h2-7,15H,1H3. The number of hydrogen-bond donors (Lipinski definition) is 1. The maximum absolute atomic E-state index is 11.3. The van der Waals surface area contributed by atoms with Crippen molar-refractivity contribution in [3.8, 4) is 11.4 Å². The number of imidazole rings is 1. The van der Waals surface area contributed by atoms with Gasteiger partial charge in [0.05, 0.1) is 18.2 Å². The van der Waals surface area contributed by atoms with Crippen LogP contribution in [-0.4, -0.2) is 20.4 Å². The molecule has 0 saturated heterocycles. The number of aromatic hydroxyl groups is 1. The third kappa shape index (κ3) is 1.74. The van der Waals surface area contributed by atoms with Crippen molar-refractivity contribution in [2.24, 2.45) is 0 Å². The van der Waals surface area contributed by atoms with Gasteiger partial charge in [0.25, 0.3) is 0 Å². The Morgan fingerprint density at radius 2 is 2.27 bits per heavy atom. The summed E-state index contributed by atoms with van der Waals surface area (Å²) in [5, 5.41) is 9.32. The van der Waals surface area contributed by atoms with Gasteiger partial charge in [-0.2, -0.15) is 0 Å². The van der Waals surface area contributed by atoms with Crippen LogP contribution in [0.15, 0.2) is 36.8 Å². The molecule has 0 atom stereocenters. The number of phenols is 1. The third-order valence-corrected chi connectivity index (χ3v) is 2.11. The Labute approximate surface area is 86.8 Å². The molecular formula is C11H10N2O2. The van der Waals surface area contributed by atoms with E-state index < -0.39 is 0 Å². The van der Waals surface area contributed by atoms with Crippen LogP contribution in [0.3, 0.4) is 0 Å². The van der Waals surface area contributed by atoms with Crippen molar-refractivity contribution in [1.82, 2.24) is 9.55 Å². The molecule has 0 aliphatic heterocycles. The van der Waals surface area contributed by atoms with Crippen LogP contribution in [0.2, 0.25) is 0 Å². The molecule has 1 N–H and O–H groups in total. The fourth-order valence-corrected chi connectivity index (χ4v) is 1.40. The predicted octanol–water partition coefficient (Wildman–Crippen LogP) is 1.78. The van der Waals surface area contributed by atoms with E-state index in [1.54, 1.807) is 35.2 Å². The van der Waals surface area contributed by atoms with E-state index in [1.165, 1.54) is 13.1 Å². The molecule has 0 aliphatic rings. The van der Waals surface area contributed by atoms with Gasteiger partial charge in [0.15, 0.2) is 5.78 Å². The van der Waals surface area contributed by atoms with E-state index in [0.29, 0.717) is 5.69 Å². The molecule has 0 unspecified atom stereocenters. The number of phenolic OH excluding ortho intramolecular Hbond substituents is 1. The average molecular weight is 202 g/mol. The van der Waals surface area contributed by atoms with E-state index in [2.05, 4.69) is 4.98 Å². The summed E-state index contributed by atoms with van der Waals surface area (Å²) in [4.78, 5) is 15.2. The minimum atomic E-state index is -0.0594. The van der Waals surface area contributed by atoms with Gasteiger partial charge in [0.1, 0.15) is 11.4 Å². The van der Waals surface area contributed by atoms with E-state index in [4.69, 9.17) is 0 Å². The van der Waals surface area contributed by atoms with Crippen LogP contribution in [0.5, 0.6) is 5.75 Å². The minimum Gasteiger partial charge on any atom is -0.508 e. The van der Waals surface area contributed by atoms with Crippen LogP contribution < -0.4 is 0 Å².